The molecule has 2 atom stereocenters. The largest absolute Gasteiger partial charge is 0.337 e. The van der Waals surface area contributed by atoms with Gasteiger partial charge in [-0.25, -0.2) is 14.8 Å². The first-order chi connectivity index (χ1) is 16.0. The lowest BCUT2D eigenvalue weighted by molar-refractivity contribution is -0.187. The summed E-state index contributed by atoms with van der Waals surface area (Å²) in [4.78, 5) is 44.3. The third kappa shape index (κ3) is 5.04. The molecule has 0 bridgehead atoms. The van der Waals surface area contributed by atoms with Crippen molar-refractivity contribution in [2.24, 2.45) is 0 Å². The van der Waals surface area contributed by atoms with E-state index in [0.29, 0.717) is 26.1 Å². The summed E-state index contributed by atoms with van der Waals surface area (Å²) < 4.78 is 0. The van der Waals surface area contributed by atoms with Crippen LogP contribution >= 0.6 is 11.3 Å². The molecule has 2 saturated heterocycles. The minimum atomic E-state index is -0.539. The summed E-state index contributed by atoms with van der Waals surface area (Å²) in [7, 11) is 1.75. The van der Waals surface area contributed by atoms with E-state index in [1.165, 1.54) is 4.88 Å². The number of urea groups is 1. The first kappa shape index (κ1) is 23.3. The fourth-order valence-corrected chi connectivity index (χ4v) is 5.31. The smallest absolute Gasteiger partial charge is 0.334 e. The van der Waals surface area contributed by atoms with Crippen molar-refractivity contribution in [3.63, 3.8) is 0 Å². The van der Waals surface area contributed by atoms with Gasteiger partial charge in [-0.15, -0.1) is 11.3 Å². The molecule has 2 aliphatic heterocycles. The molecule has 1 aromatic carbocycles. The number of likely N-dealkylation sites (N-methyl/N-ethyl adjacent to an activating group) is 1. The molecule has 0 spiro atoms. The highest BCUT2D eigenvalue weighted by molar-refractivity contribution is 7.09. The van der Waals surface area contributed by atoms with Gasteiger partial charge in [-0.05, 0) is 29.9 Å². The molecular formula is C24H31N5O3S. The zero-order chi connectivity index (χ0) is 23.4. The summed E-state index contributed by atoms with van der Waals surface area (Å²) in [6.07, 6.45) is 1.60. The second-order valence-corrected chi connectivity index (χ2v) is 9.54. The number of hydrazine groups is 1. The van der Waals surface area contributed by atoms with E-state index in [4.69, 9.17) is 0 Å². The van der Waals surface area contributed by atoms with E-state index >= 15 is 0 Å². The Balaban J connectivity index is 1.55. The Morgan fingerprint density at radius 3 is 2.64 bits per heavy atom. The number of piperazine rings is 1. The first-order valence-electron chi connectivity index (χ1n) is 11.4. The molecule has 2 aliphatic rings. The van der Waals surface area contributed by atoms with Gasteiger partial charge in [0, 0.05) is 25.0 Å². The van der Waals surface area contributed by atoms with Gasteiger partial charge in [-0.3, -0.25) is 9.59 Å². The number of hydrogen-bond acceptors (Lipinski definition) is 5. The molecule has 3 heterocycles. The van der Waals surface area contributed by atoms with Crippen LogP contribution in [0.4, 0.5) is 4.79 Å². The Bertz CT molecular complexity index is 968. The van der Waals surface area contributed by atoms with Crippen LogP contribution in [0.5, 0.6) is 0 Å². The maximum absolute atomic E-state index is 13.3. The number of carbonyl (C=O) groups excluding carboxylic acids is 3. The number of thiophene rings is 1. The van der Waals surface area contributed by atoms with Crippen molar-refractivity contribution in [2.75, 3.05) is 26.7 Å². The molecule has 1 N–H and O–H groups in total. The predicted molar refractivity (Wildman–Crippen MR) is 127 cm³/mol. The van der Waals surface area contributed by atoms with Gasteiger partial charge in [0.2, 0.25) is 11.8 Å². The fraction of sp³-hybridized carbons (Fsp3) is 0.458. The summed E-state index contributed by atoms with van der Waals surface area (Å²) in [6.45, 7) is 3.35. The highest BCUT2D eigenvalue weighted by Crippen LogP contribution is 2.28. The number of hydrogen-bond donors (Lipinski definition) is 1. The van der Waals surface area contributed by atoms with Crippen LogP contribution in [-0.2, 0) is 22.6 Å². The third-order valence-electron chi connectivity index (χ3n) is 6.20. The number of nitrogens with one attached hydrogen (secondary N) is 1. The average molecular weight is 470 g/mol. The monoisotopic (exact) mass is 469 g/mol. The van der Waals surface area contributed by atoms with Gasteiger partial charge < -0.3 is 15.1 Å². The second kappa shape index (κ2) is 10.4. The van der Waals surface area contributed by atoms with Crippen molar-refractivity contribution in [1.29, 1.82) is 0 Å². The van der Waals surface area contributed by atoms with Crippen molar-refractivity contribution in [3.8, 4) is 0 Å². The Morgan fingerprint density at radius 2 is 1.94 bits per heavy atom. The molecule has 0 unspecified atom stereocenters. The molecule has 0 saturated carbocycles. The highest BCUT2D eigenvalue weighted by atomic mass is 32.1. The van der Waals surface area contributed by atoms with Crippen LogP contribution < -0.4 is 5.32 Å². The standard InChI is InChI=1S/C24H31N5O3S/c1-3-8-20-23(31)27(13-12-19-11-7-14-33-19)16-21-28(20)22(30)17-26(2)29(21)24(32)25-15-18-9-5-4-6-10-18/h4-7,9-11,14,20-21H,3,8,12-13,15-17H2,1-2H3,(H,25,32)/t20-,21-/m0/s1. The van der Waals surface area contributed by atoms with Crippen molar-refractivity contribution >= 4 is 29.2 Å². The Morgan fingerprint density at radius 1 is 1.15 bits per heavy atom. The maximum atomic E-state index is 13.3. The van der Waals surface area contributed by atoms with Crippen LogP contribution in [0.3, 0.4) is 0 Å². The summed E-state index contributed by atoms with van der Waals surface area (Å²) in [5.41, 5.74) is 0.999. The quantitative estimate of drug-likeness (QED) is 0.676. The molecule has 0 aliphatic carbocycles. The van der Waals surface area contributed by atoms with E-state index in [1.54, 1.807) is 33.3 Å². The Hall–Kier alpha value is -2.91. The number of fused-ring (bicyclic) bond motifs is 1. The normalized spacial score (nSPS) is 21.3. The molecular weight excluding hydrogens is 438 g/mol. The van der Waals surface area contributed by atoms with Crippen LogP contribution in [-0.4, -0.2) is 76.6 Å². The van der Waals surface area contributed by atoms with Crippen molar-refractivity contribution < 1.29 is 14.4 Å². The second-order valence-electron chi connectivity index (χ2n) is 8.50. The van der Waals surface area contributed by atoms with Gasteiger partial charge in [0.15, 0.2) is 0 Å². The Labute approximate surface area is 198 Å². The van der Waals surface area contributed by atoms with E-state index in [1.807, 2.05) is 53.6 Å². The predicted octanol–water partition coefficient (Wildman–Crippen LogP) is 2.53. The lowest BCUT2D eigenvalue weighted by Crippen LogP contribution is -2.76. The number of carbonyl (C=O) groups is 3. The van der Waals surface area contributed by atoms with Gasteiger partial charge >= 0.3 is 6.03 Å². The fourth-order valence-electron chi connectivity index (χ4n) is 4.61. The minimum Gasteiger partial charge on any atom is -0.337 e. The van der Waals surface area contributed by atoms with E-state index in [-0.39, 0.29) is 24.4 Å². The van der Waals surface area contributed by atoms with E-state index < -0.39 is 12.2 Å². The van der Waals surface area contributed by atoms with Crippen LogP contribution in [0.25, 0.3) is 0 Å². The van der Waals surface area contributed by atoms with Crippen molar-refractivity contribution in [2.45, 2.75) is 44.9 Å². The van der Waals surface area contributed by atoms with E-state index in [2.05, 4.69) is 11.4 Å². The summed E-state index contributed by atoms with van der Waals surface area (Å²) in [6, 6.07) is 13.0. The van der Waals surface area contributed by atoms with Crippen molar-refractivity contribution in [1.82, 2.24) is 25.1 Å². The molecule has 33 heavy (non-hydrogen) atoms. The molecule has 8 nitrogen and oxygen atoms in total. The summed E-state index contributed by atoms with van der Waals surface area (Å²) in [5.74, 6) is -0.133. The highest BCUT2D eigenvalue weighted by Gasteiger charge is 2.50. The SMILES string of the molecule is CCC[C@H]1C(=O)N(CCc2cccs2)C[C@H]2N1C(=O)CN(C)N2C(=O)NCc1ccccc1. The lowest BCUT2D eigenvalue weighted by Gasteiger charge is -2.54. The molecule has 176 valence electrons. The molecule has 0 radical (unpaired) electrons. The van der Waals surface area contributed by atoms with Crippen molar-refractivity contribution in [3.05, 3.63) is 58.3 Å². The molecule has 2 fully saturated rings. The van der Waals surface area contributed by atoms with Crippen LogP contribution in [0.2, 0.25) is 0 Å². The van der Waals surface area contributed by atoms with Gasteiger partial charge in [0.25, 0.3) is 0 Å². The zero-order valence-corrected chi connectivity index (χ0v) is 20.0. The number of rotatable bonds is 7. The van der Waals surface area contributed by atoms with E-state index in [0.717, 1.165) is 18.4 Å². The lowest BCUT2D eigenvalue weighted by atomic mass is 10.0. The van der Waals surface area contributed by atoms with Gasteiger partial charge in [0.05, 0.1) is 13.1 Å². The topological polar surface area (TPSA) is 76.2 Å². The molecule has 4 rings (SSSR count). The number of benzene rings is 1. The van der Waals surface area contributed by atoms with Gasteiger partial charge in [-0.2, -0.15) is 0 Å². The van der Waals surface area contributed by atoms with Gasteiger partial charge in [0.1, 0.15) is 12.2 Å². The Kier molecular flexibility index (Phi) is 7.29. The zero-order valence-electron chi connectivity index (χ0n) is 19.1. The van der Waals surface area contributed by atoms with Gasteiger partial charge in [-0.1, -0.05) is 49.7 Å². The van der Waals surface area contributed by atoms with Crippen LogP contribution in [0.1, 0.15) is 30.2 Å². The summed E-state index contributed by atoms with van der Waals surface area (Å²) >= 11 is 1.67. The molecule has 9 heteroatoms. The maximum Gasteiger partial charge on any atom is 0.334 e. The third-order valence-corrected chi connectivity index (χ3v) is 7.14. The molecule has 1 aromatic heterocycles. The summed E-state index contributed by atoms with van der Waals surface area (Å²) in [5, 5.41) is 8.29. The number of amides is 4. The first-order valence-corrected chi connectivity index (χ1v) is 12.3. The van der Waals surface area contributed by atoms with Crippen LogP contribution in [0, 0.1) is 0 Å². The molecule has 4 amide bonds. The van der Waals surface area contributed by atoms with Crippen LogP contribution in [0.15, 0.2) is 47.8 Å². The average Bonchev–Trinajstić information content (AvgIpc) is 3.33. The molecule has 2 aromatic rings. The number of nitrogens with zero attached hydrogens (tertiary/aromatic N) is 4. The van der Waals surface area contributed by atoms with E-state index in [9.17, 15) is 14.4 Å². The minimum absolute atomic E-state index is 0.0211.